The molecule has 1 aliphatic heterocycles. The molecule has 2 unspecified atom stereocenters. The molecule has 0 aromatic rings. The molecule has 4 fully saturated rings. The van der Waals surface area contributed by atoms with Crippen molar-refractivity contribution in [1.82, 2.24) is 4.90 Å². The maximum Gasteiger partial charge on any atom is 0.149 e. The zero-order valence-electron chi connectivity index (χ0n) is 16.3. The van der Waals surface area contributed by atoms with Gasteiger partial charge in [0.1, 0.15) is 5.78 Å². The molecule has 0 radical (unpaired) electrons. The van der Waals surface area contributed by atoms with Gasteiger partial charge < -0.3 is 0 Å². The number of carbonyl (C=O) groups excluding carboxylic acids is 1. The molecule has 0 aromatic carbocycles. The Morgan fingerprint density at radius 3 is 2.04 bits per heavy atom. The van der Waals surface area contributed by atoms with Crippen molar-refractivity contribution in [3.05, 3.63) is 0 Å². The van der Waals surface area contributed by atoms with E-state index >= 15 is 0 Å². The SMILES string of the molecule is O=C(CN1CCCC2CCCCC21)C1CCC(C2CCCCC2)CC1. The number of Topliss-reactive ketones (excluding diaryl/α,β-unsaturated/α-hetero) is 1. The van der Waals surface area contributed by atoms with Gasteiger partial charge in [0.05, 0.1) is 6.54 Å². The van der Waals surface area contributed by atoms with Crippen molar-refractivity contribution in [1.29, 1.82) is 0 Å². The van der Waals surface area contributed by atoms with E-state index in [1.54, 1.807) is 0 Å². The topological polar surface area (TPSA) is 20.3 Å². The molecule has 0 aromatic heterocycles. The van der Waals surface area contributed by atoms with Crippen LogP contribution in [0.2, 0.25) is 0 Å². The summed E-state index contributed by atoms with van der Waals surface area (Å²) in [5, 5.41) is 0. The lowest BCUT2D eigenvalue weighted by Gasteiger charge is -2.44. The molecule has 3 saturated carbocycles. The van der Waals surface area contributed by atoms with Crippen molar-refractivity contribution < 1.29 is 4.79 Å². The highest BCUT2D eigenvalue weighted by atomic mass is 16.1. The average Bonchev–Trinajstić information content (AvgIpc) is 2.69. The summed E-state index contributed by atoms with van der Waals surface area (Å²) in [6, 6.07) is 0.741. The predicted octanol–water partition coefficient (Wildman–Crippen LogP) is 5.60. The fraction of sp³-hybridized carbons (Fsp3) is 0.957. The molecule has 4 rings (SSSR count). The van der Waals surface area contributed by atoms with E-state index in [0.717, 1.165) is 30.3 Å². The van der Waals surface area contributed by atoms with Crippen LogP contribution < -0.4 is 0 Å². The molecule has 2 atom stereocenters. The Balaban J connectivity index is 1.26. The fourth-order valence-corrected chi connectivity index (χ4v) is 6.77. The molecule has 25 heavy (non-hydrogen) atoms. The van der Waals surface area contributed by atoms with Gasteiger partial charge in [-0.3, -0.25) is 9.69 Å². The van der Waals surface area contributed by atoms with Crippen LogP contribution in [0.15, 0.2) is 0 Å². The third-order valence-corrected chi connectivity index (χ3v) is 8.26. The fourth-order valence-electron chi connectivity index (χ4n) is 6.77. The third kappa shape index (κ3) is 4.31. The third-order valence-electron chi connectivity index (χ3n) is 8.26. The molecule has 0 spiro atoms. The number of ketones is 1. The largest absolute Gasteiger partial charge is 0.298 e. The van der Waals surface area contributed by atoms with Crippen LogP contribution in [0, 0.1) is 23.7 Å². The number of rotatable bonds is 4. The van der Waals surface area contributed by atoms with Crippen LogP contribution in [-0.2, 0) is 4.79 Å². The molecule has 2 heteroatoms. The molecule has 1 saturated heterocycles. The highest BCUT2D eigenvalue weighted by molar-refractivity contribution is 5.83. The van der Waals surface area contributed by atoms with Gasteiger partial charge in [-0.25, -0.2) is 0 Å². The number of hydrogen-bond donors (Lipinski definition) is 0. The first-order valence-electron chi connectivity index (χ1n) is 11.6. The zero-order valence-corrected chi connectivity index (χ0v) is 16.3. The Morgan fingerprint density at radius 2 is 1.24 bits per heavy atom. The highest BCUT2D eigenvalue weighted by Gasteiger charge is 2.36. The van der Waals surface area contributed by atoms with Gasteiger partial charge in [0.2, 0.25) is 0 Å². The van der Waals surface area contributed by atoms with E-state index in [0.29, 0.717) is 11.7 Å². The van der Waals surface area contributed by atoms with Crippen LogP contribution in [0.5, 0.6) is 0 Å². The Labute approximate surface area is 155 Å². The second-order valence-corrected chi connectivity index (χ2v) is 9.70. The van der Waals surface area contributed by atoms with Gasteiger partial charge in [-0.2, -0.15) is 0 Å². The van der Waals surface area contributed by atoms with Crippen LogP contribution >= 0.6 is 0 Å². The van der Waals surface area contributed by atoms with E-state index in [1.807, 2.05) is 0 Å². The first-order valence-corrected chi connectivity index (χ1v) is 11.6. The van der Waals surface area contributed by atoms with Crippen molar-refractivity contribution in [3.63, 3.8) is 0 Å². The second kappa shape index (κ2) is 8.55. The summed E-state index contributed by atoms with van der Waals surface area (Å²) in [4.78, 5) is 15.6. The molecule has 1 heterocycles. The molecule has 0 N–H and O–H groups in total. The van der Waals surface area contributed by atoms with Crippen LogP contribution in [0.4, 0.5) is 0 Å². The molecule has 0 amide bonds. The van der Waals surface area contributed by atoms with E-state index in [-0.39, 0.29) is 0 Å². The molecule has 3 aliphatic carbocycles. The van der Waals surface area contributed by atoms with Crippen LogP contribution in [0.1, 0.15) is 96.3 Å². The molecular weight excluding hydrogens is 306 g/mol. The lowest BCUT2D eigenvalue weighted by molar-refractivity contribution is -0.127. The van der Waals surface area contributed by atoms with Crippen molar-refractivity contribution in [3.8, 4) is 0 Å². The zero-order chi connectivity index (χ0) is 17.1. The van der Waals surface area contributed by atoms with Crippen molar-refractivity contribution in [2.45, 2.75) is 102 Å². The van der Waals surface area contributed by atoms with E-state index < -0.39 is 0 Å². The minimum Gasteiger partial charge on any atom is -0.298 e. The van der Waals surface area contributed by atoms with Crippen molar-refractivity contribution >= 4 is 5.78 Å². The van der Waals surface area contributed by atoms with E-state index in [9.17, 15) is 4.79 Å². The second-order valence-electron chi connectivity index (χ2n) is 9.70. The minimum atomic E-state index is 0.392. The van der Waals surface area contributed by atoms with E-state index in [1.165, 1.54) is 103 Å². The normalized spacial score (nSPS) is 38.2. The summed E-state index contributed by atoms with van der Waals surface area (Å²) in [7, 11) is 0. The van der Waals surface area contributed by atoms with Crippen LogP contribution in [0.3, 0.4) is 0 Å². The Morgan fingerprint density at radius 1 is 0.640 bits per heavy atom. The number of nitrogens with zero attached hydrogens (tertiary/aromatic N) is 1. The molecule has 0 bridgehead atoms. The molecular formula is C23H39NO. The quantitative estimate of drug-likeness (QED) is 0.661. The van der Waals surface area contributed by atoms with E-state index in [2.05, 4.69) is 4.90 Å². The van der Waals surface area contributed by atoms with Gasteiger partial charge in [0, 0.05) is 12.0 Å². The van der Waals surface area contributed by atoms with Crippen molar-refractivity contribution in [2.75, 3.05) is 13.1 Å². The lowest BCUT2D eigenvalue weighted by atomic mass is 9.70. The maximum absolute atomic E-state index is 13.0. The summed E-state index contributed by atoms with van der Waals surface area (Å²) in [6.45, 7) is 1.96. The van der Waals surface area contributed by atoms with Gasteiger partial charge >= 0.3 is 0 Å². The Kier molecular flexibility index (Phi) is 6.16. The predicted molar refractivity (Wildman–Crippen MR) is 104 cm³/mol. The average molecular weight is 346 g/mol. The Hall–Kier alpha value is -0.370. The number of likely N-dealkylation sites (tertiary alicyclic amines) is 1. The molecule has 142 valence electrons. The van der Waals surface area contributed by atoms with Gasteiger partial charge in [-0.15, -0.1) is 0 Å². The Bertz CT molecular complexity index is 431. The van der Waals surface area contributed by atoms with Crippen LogP contribution in [0.25, 0.3) is 0 Å². The highest BCUT2D eigenvalue weighted by Crippen LogP contribution is 2.41. The summed E-state index contributed by atoms with van der Waals surface area (Å²) < 4.78 is 0. The summed E-state index contributed by atoms with van der Waals surface area (Å²) >= 11 is 0. The molecule has 2 nitrogen and oxygen atoms in total. The van der Waals surface area contributed by atoms with Crippen molar-refractivity contribution in [2.24, 2.45) is 23.7 Å². The standard InChI is InChI=1S/C23H39NO/c25-23(17-24-16-6-10-20-9-4-5-11-22(20)24)21-14-12-19(13-15-21)18-7-2-1-3-8-18/h18-22H,1-17H2. The van der Waals surface area contributed by atoms with Crippen LogP contribution in [-0.4, -0.2) is 29.8 Å². The number of piperidine rings is 1. The maximum atomic E-state index is 13.0. The summed E-state index contributed by atoms with van der Waals surface area (Å²) in [6.07, 6.45) is 20.7. The first-order chi connectivity index (χ1) is 12.3. The van der Waals surface area contributed by atoms with E-state index in [4.69, 9.17) is 0 Å². The number of carbonyl (C=O) groups is 1. The summed E-state index contributed by atoms with van der Waals surface area (Å²) in [5.41, 5.74) is 0. The lowest BCUT2D eigenvalue weighted by Crippen LogP contribution is -2.49. The van der Waals surface area contributed by atoms with Gasteiger partial charge in [0.15, 0.2) is 0 Å². The minimum absolute atomic E-state index is 0.392. The smallest absolute Gasteiger partial charge is 0.149 e. The number of hydrogen-bond acceptors (Lipinski definition) is 2. The van der Waals surface area contributed by atoms with Gasteiger partial charge in [-0.05, 0) is 75.7 Å². The monoisotopic (exact) mass is 345 g/mol. The first kappa shape index (κ1) is 18.0. The molecule has 4 aliphatic rings. The van der Waals surface area contributed by atoms with Gasteiger partial charge in [-0.1, -0.05) is 44.9 Å². The van der Waals surface area contributed by atoms with Gasteiger partial charge in [0.25, 0.3) is 0 Å². The summed E-state index contributed by atoms with van der Waals surface area (Å²) in [5.74, 6) is 3.83. The number of fused-ring (bicyclic) bond motifs is 1.